The molecule has 1 fully saturated rings. The summed E-state index contributed by atoms with van der Waals surface area (Å²) in [5.41, 5.74) is 2.52. The van der Waals surface area contributed by atoms with E-state index in [-0.39, 0.29) is 6.17 Å². The fourth-order valence-corrected chi connectivity index (χ4v) is 2.54. The van der Waals surface area contributed by atoms with Crippen LogP contribution in [0, 0.1) is 0 Å². The van der Waals surface area contributed by atoms with E-state index in [0.29, 0.717) is 0 Å². The van der Waals surface area contributed by atoms with Gasteiger partial charge in [0, 0.05) is 18.8 Å². The van der Waals surface area contributed by atoms with E-state index in [4.69, 9.17) is 4.74 Å². The van der Waals surface area contributed by atoms with Crippen molar-refractivity contribution in [2.45, 2.75) is 6.17 Å². The summed E-state index contributed by atoms with van der Waals surface area (Å²) in [6.07, 6.45) is 0.244. The van der Waals surface area contributed by atoms with Crippen LogP contribution in [-0.4, -0.2) is 20.2 Å². The van der Waals surface area contributed by atoms with Gasteiger partial charge in [-0.3, -0.25) is 5.32 Å². The summed E-state index contributed by atoms with van der Waals surface area (Å²) >= 11 is 0. The van der Waals surface area contributed by atoms with Crippen molar-refractivity contribution in [3.05, 3.63) is 60.2 Å². The van der Waals surface area contributed by atoms with E-state index >= 15 is 0 Å². The van der Waals surface area contributed by atoms with Crippen LogP contribution in [0.15, 0.2) is 54.6 Å². The van der Waals surface area contributed by atoms with Crippen molar-refractivity contribution in [1.29, 1.82) is 0 Å². The molecular formula is C16H18N2O. The van der Waals surface area contributed by atoms with Crippen LogP contribution in [-0.2, 0) is 0 Å². The number of anilines is 1. The number of methoxy groups -OCH3 is 1. The standard InChI is InChI=1S/C16H18N2O/c1-19-15-9-7-13(8-10-15)16-17-11-12-18(16)14-5-3-2-4-6-14/h2-10,16-17H,11-12H2,1H3. The second-order valence-corrected chi connectivity index (χ2v) is 4.66. The summed E-state index contributed by atoms with van der Waals surface area (Å²) in [6.45, 7) is 2.03. The van der Waals surface area contributed by atoms with Gasteiger partial charge in [-0.25, -0.2) is 0 Å². The number of hydrogen-bond acceptors (Lipinski definition) is 3. The van der Waals surface area contributed by atoms with Crippen LogP contribution >= 0.6 is 0 Å². The lowest BCUT2D eigenvalue weighted by Crippen LogP contribution is -2.27. The summed E-state index contributed by atoms with van der Waals surface area (Å²) < 4.78 is 5.21. The molecule has 0 bridgehead atoms. The second kappa shape index (κ2) is 5.33. The third kappa shape index (κ3) is 2.42. The van der Waals surface area contributed by atoms with Gasteiger partial charge in [-0.2, -0.15) is 0 Å². The topological polar surface area (TPSA) is 24.5 Å². The van der Waals surface area contributed by atoms with Crippen molar-refractivity contribution in [2.24, 2.45) is 0 Å². The van der Waals surface area contributed by atoms with Crippen molar-refractivity contribution >= 4 is 5.69 Å². The molecule has 3 nitrogen and oxygen atoms in total. The Hall–Kier alpha value is -2.00. The minimum atomic E-state index is 0.244. The van der Waals surface area contributed by atoms with E-state index in [1.165, 1.54) is 11.3 Å². The molecule has 2 aromatic rings. The monoisotopic (exact) mass is 254 g/mol. The fourth-order valence-electron chi connectivity index (χ4n) is 2.54. The fraction of sp³-hybridized carbons (Fsp3) is 0.250. The molecule has 0 radical (unpaired) electrons. The van der Waals surface area contributed by atoms with Gasteiger partial charge in [-0.1, -0.05) is 30.3 Å². The minimum absolute atomic E-state index is 0.244. The van der Waals surface area contributed by atoms with Gasteiger partial charge in [0.2, 0.25) is 0 Å². The smallest absolute Gasteiger partial charge is 0.118 e. The first-order chi connectivity index (χ1) is 9.38. The molecule has 1 aliphatic heterocycles. The Morgan fingerprint density at radius 2 is 1.79 bits per heavy atom. The van der Waals surface area contributed by atoms with Crippen LogP contribution < -0.4 is 15.0 Å². The lowest BCUT2D eigenvalue weighted by Gasteiger charge is -2.26. The molecule has 19 heavy (non-hydrogen) atoms. The lowest BCUT2D eigenvalue weighted by atomic mass is 10.1. The van der Waals surface area contributed by atoms with Crippen LogP contribution in [0.25, 0.3) is 0 Å². The highest BCUT2D eigenvalue weighted by molar-refractivity contribution is 5.50. The molecule has 0 spiro atoms. The average molecular weight is 254 g/mol. The first-order valence-electron chi connectivity index (χ1n) is 6.57. The van der Waals surface area contributed by atoms with Gasteiger partial charge in [0.15, 0.2) is 0 Å². The van der Waals surface area contributed by atoms with Crippen LogP contribution in [0.1, 0.15) is 11.7 Å². The normalized spacial score (nSPS) is 18.6. The molecule has 1 unspecified atom stereocenters. The maximum atomic E-state index is 5.21. The Kier molecular flexibility index (Phi) is 3.38. The van der Waals surface area contributed by atoms with Crippen LogP contribution in [0.5, 0.6) is 5.75 Å². The molecule has 3 rings (SSSR count). The maximum Gasteiger partial charge on any atom is 0.118 e. The van der Waals surface area contributed by atoms with Crippen molar-refractivity contribution in [1.82, 2.24) is 5.32 Å². The van der Waals surface area contributed by atoms with Gasteiger partial charge in [0.05, 0.1) is 7.11 Å². The highest BCUT2D eigenvalue weighted by atomic mass is 16.5. The number of rotatable bonds is 3. The third-order valence-corrected chi connectivity index (χ3v) is 3.52. The molecule has 1 aliphatic rings. The van der Waals surface area contributed by atoms with Gasteiger partial charge >= 0.3 is 0 Å². The Labute approximate surface area is 113 Å². The molecule has 0 saturated carbocycles. The second-order valence-electron chi connectivity index (χ2n) is 4.66. The van der Waals surface area contributed by atoms with Crippen molar-refractivity contribution in [3.63, 3.8) is 0 Å². The molecule has 2 aromatic carbocycles. The minimum Gasteiger partial charge on any atom is -0.497 e. The summed E-state index contributed by atoms with van der Waals surface area (Å²) in [6, 6.07) is 18.8. The van der Waals surface area contributed by atoms with E-state index in [0.717, 1.165) is 18.8 Å². The Bertz CT molecular complexity index is 524. The highest BCUT2D eigenvalue weighted by Crippen LogP contribution is 2.28. The molecule has 98 valence electrons. The van der Waals surface area contributed by atoms with Crippen molar-refractivity contribution < 1.29 is 4.74 Å². The molecule has 1 heterocycles. The van der Waals surface area contributed by atoms with Gasteiger partial charge in [-0.15, -0.1) is 0 Å². The Morgan fingerprint density at radius 1 is 1.05 bits per heavy atom. The molecule has 1 saturated heterocycles. The Balaban J connectivity index is 1.86. The Morgan fingerprint density at radius 3 is 2.47 bits per heavy atom. The van der Waals surface area contributed by atoms with Crippen LogP contribution in [0.2, 0.25) is 0 Å². The zero-order valence-electron chi connectivity index (χ0n) is 11.0. The molecule has 0 aliphatic carbocycles. The molecule has 0 amide bonds. The summed E-state index contributed by atoms with van der Waals surface area (Å²) in [5.74, 6) is 0.896. The molecular weight excluding hydrogens is 236 g/mol. The zero-order valence-corrected chi connectivity index (χ0v) is 11.0. The first-order valence-corrected chi connectivity index (χ1v) is 6.57. The number of nitrogens with one attached hydrogen (secondary N) is 1. The quantitative estimate of drug-likeness (QED) is 0.911. The maximum absolute atomic E-state index is 5.21. The molecule has 1 N–H and O–H groups in total. The number of para-hydroxylation sites is 1. The molecule has 0 aromatic heterocycles. The predicted molar refractivity (Wildman–Crippen MR) is 77.5 cm³/mol. The van der Waals surface area contributed by atoms with Crippen molar-refractivity contribution in [2.75, 3.05) is 25.1 Å². The largest absolute Gasteiger partial charge is 0.497 e. The van der Waals surface area contributed by atoms with Gasteiger partial charge in [0.1, 0.15) is 11.9 Å². The van der Waals surface area contributed by atoms with E-state index in [1.54, 1.807) is 7.11 Å². The lowest BCUT2D eigenvalue weighted by molar-refractivity contribution is 0.414. The van der Waals surface area contributed by atoms with E-state index in [1.807, 2.05) is 12.1 Å². The summed E-state index contributed by atoms with van der Waals surface area (Å²) in [7, 11) is 1.69. The van der Waals surface area contributed by atoms with Gasteiger partial charge < -0.3 is 9.64 Å². The van der Waals surface area contributed by atoms with Crippen molar-refractivity contribution in [3.8, 4) is 5.75 Å². The van der Waals surface area contributed by atoms with Crippen LogP contribution in [0.3, 0.4) is 0 Å². The number of nitrogens with zero attached hydrogens (tertiary/aromatic N) is 1. The predicted octanol–water partition coefficient (Wildman–Crippen LogP) is 2.80. The third-order valence-electron chi connectivity index (χ3n) is 3.52. The van der Waals surface area contributed by atoms with E-state index in [2.05, 4.69) is 52.7 Å². The van der Waals surface area contributed by atoms with E-state index < -0.39 is 0 Å². The summed E-state index contributed by atoms with van der Waals surface area (Å²) in [5, 5.41) is 3.54. The highest BCUT2D eigenvalue weighted by Gasteiger charge is 2.25. The SMILES string of the molecule is COc1ccc(C2NCCN2c2ccccc2)cc1. The van der Waals surface area contributed by atoms with Gasteiger partial charge in [-0.05, 0) is 29.8 Å². The van der Waals surface area contributed by atoms with E-state index in [9.17, 15) is 0 Å². The average Bonchev–Trinajstić information content (AvgIpc) is 2.98. The van der Waals surface area contributed by atoms with Gasteiger partial charge in [0.25, 0.3) is 0 Å². The molecule has 1 atom stereocenters. The number of ether oxygens (including phenoxy) is 1. The zero-order chi connectivity index (χ0) is 13.1. The molecule has 3 heteroatoms. The van der Waals surface area contributed by atoms with Crippen LogP contribution in [0.4, 0.5) is 5.69 Å². The first kappa shape index (κ1) is 12.1. The number of hydrogen-bond donors (Lipinski definition) is 1. The summed E-state index contributed by atoms with van der Waals surface area (Å²) in [4.78, 5) is 2.39. The number of benzene rings is 2.